The van der Waals surface area contributed by atoms with Gasteiger partial charge in [-0.15, -0.1) is 11.6 Å². The van der Waals surface area contributed by atoms with E-state index >= 15 is 0 Å². The number of alkyl halides is 1. The first kappa shape index (κ1) is 13.2. The SMILES string of the molecule is CCOC(=O)c1cnc2n1NCCC(Cl)/C=C\2Cl. The molecule has 0 saturated carbocycles. The Morgan fingerprint density at radius 1 is 1.72 bits per heavy atom. The molecule has 1 aromatic heterocycles. The fourth-order valence-corrected chi connectivity index (χ4v) is 2.25. The predicted octanol–water partition coefficient (Wildman–Crippen LogP) is 2.19. The van der Waals surface area contributed by atoms with Crippen LogP contribution in [0.5, 0.6) is 0 Å². The number of rotatable bonds is 2. The van der Waals surface area contributed by atoms with Gasteiger partial charge in [-0.1, -0.05) is 11.6 Å². The zero-order valence-electron chi connectivity index (χ0n) is 9.82. The summed E-state index contributed by atoms with van der Waals surface area (Å²) < 4.78 is 6.49. The third-order valence-electron chi connectivity index (χ3n) is 2.48. The van der Waals surface area contributed by atoms with Gasteiger partial charge in [0.25, 0.3) is 0 Å². The molecule has 0 aromatic carbocycles. The normalized spacial score (nSPS) is 21.9. The highest BCUT2D eigenvalue weighted by Crippen LogP contribution is 2.23. The number of imidazole rings is 1. The van der Waals surface area contributed by atoms with Crippen LogP contribution in [0.25, 0.3) is 5.03 Å². The van der Waals surface area contributed by atoms with Crippen molar-refractivity contribution < 1.29 is 9.53 Å². The summed E-state index contributed by atoms with van der Waals surface area (Å²) in [6.07, 6.45) is 3.86. The molecule has 2 heterocycles. The standard InChI is InChI=1S/C11H13Cl2N3O2/c1-2-18-11(17)9-6-14-10-8(13)5-7(12)3-4-15-16(9)10/h5-7,15H,2-4H2,1H3/b8-5+. The highest BCUT2D eigenvalue weighted by molar-refractivity contribution is 6.48. The molecule has 5 nitrogen and oxygen atoms in total. The second-order valence-corrected chi connectivity index (χ2v) is 4.72. The van der Waals surface area contributed by atoms with E-state index in [1.165, 1.54) is 6.20 Å². The summed E-state index contributed by atoms with van der Waals surface area (Å²) in [7, 11) is 0. The second kappa shape index (κ2) is 5.63. The minimum Gasteiger partial charge on any atom is -0.461 e. The Labute approximate surface area is 115 Å². The molecule has 1 aliphatic rings. The summed E-state index contributed by atoms with van der Waals surface area (Å²) >= 11 is 12.2. The van der Waals surface area contributed by atoms with Gasteiger partial charge in [0.2, 0.25) is 0 Å². The van der Waals surface area contributed by atoms with Crippen LogP contribution < -0.4 is 5.43 Å². The minimum atomic E-state index is -0.434. The number of fused-ring (bicyclic) bond motifs is 1. The third-order valence-corrected chi connectivity index (χ3v) is 3.12. The summed E-state index contributed by atoms with van der Waals surface area (Å²) in [5, 5.41) is 0.263. The van der Waals surface area contributed by atoms with E-state index in [1.54, 1.807) is 17.7 Å². The Bertz CT molecular complexity index is 485. The molecule has 0 amide bonds. The summed E-state index contributed by atoms with van der Waals surface area (Å²) in [5.74, 6) is 0.0290. The van der Waals surface area contributed by atoms with Crippen molar-refractivity contribution in [2.45, 2.75) is 18.7 Å². The maximum Gasteiger partial charge on any atom is 0.358 e. The molecule has 0 radical (unpaired) electrons. The maximum atomic E-state index is 11.7. The molecule has 1 N–H and O–H groups in total. The molecule has 0 saturated heterocycles. The van der Waals surface area contributed by atoms with Crippen molar-refractivity contribution in [1.29, 1.82) is 0 Å². The topological polar surface area (TPSA) is 56.1 Å². The van der Waals surface area contributed by atoms with Gasteiger partial charge >= 0.3 is 5.97 Å². The molecule has 7 heteroatoms. The third kappa shape index (κ3) is 2.62. The highest BCUT2D eigenvalue weighted by Gasteiger charge is 2.21. The number of carbonyl (C=O) groups is 1. The Balaban J connectivity index is 2.39. The largest absolute Gasteiger partial charge is 0.461 e. The molecule has 1 aliphatic heterocycles. The van der Waals surface area contributed by atoms with Crippen LogP contribution in [0, 0.1) is 0 Å². The molecule has 18 heavy (non-hydrogen) atoms. The van der Waals surface area contributed by atoms with Gasteiger partial charge in [0, 0.05) is 6.54 Å². The van der Waals surface area contributed by atoms with Gasteiger partial charge in [0.1, 0.15) is 0 Å². The van der Waals surface area contributed by atoms with E-state index in [0.29, 0.717) is 36.1 Å². The lowest BCUT2D eigenvalue weighted by molar-refractivity contribution is 0.0515. The summed E-state index contributed by atoms with van der Waals surface area (Å²) in [6, 6.07) is 0. The predicted molar refractivity (Wildman–Crippen MR) is 70.5 cm³/mol. The first-order valence-electron chi connectivity index (χ1n) is 5.64. The summed E-state index contributed by atoms with van der Waals surface area (Å²) in [4.78, 5) is 15.9. The molecule has 1 aromatic rings. The van der Waals surface area contributed by atoms with Gasteiger partial charge in [-0.05, 0) is 19.4 Å². The molecular formula is C11H13Cl2N3O2. The average Bonchev–Trinajstić information content (AvgIpc) is 2.71. The van der Waals surface area contributed by atoms with Gasteiger partial charge < -0.3 is 10.2 Å². The zero-order valence-corrected chi connectivity index (χ0v) is 11.3. The van der Waals surface area contributed by atoms with Crippen LogP contribution in [0.15, 0.2) is 12.3 Å². The fourth-order valence-electron chi connectivity index (χ4n) is 1.66. The number of carbonyl (C=O) groups excluding carboxylic acids is 1. The number of hydrogen-bond donors (Lipinski definition) is 1. The highest BCUT2D eigenvalue weighted by atomic mass is 35.5. The molecule has 0 aliphatic carbocycles. The lowest BCUT2D eigenvalue weighted by Gasteiger charge is -2.17. The van der Waals surface area contributed by atoms with Crippen LogP contribution >= 0.6 is 23.2 Å². The van der Waals surface area contributed by atoms with Gasteiger partial charge in [0.05, 0.1) is 23.2 Å². The summed E-state index contributed by atoms with van der Waals surface area (Å²) in [6.45, 7) is 2.68. The van der Waals surface area contributed by atoms with Crippen molar-refractivity contribution in [3.05, 3.63) is 23.8 Å². The second-order valence-electron chi connectivity index (χ2n) is 3.75. The lowest BCUT2D eigenvalue weighted by atomic mass is 10.2. The van der Waals surface area contributed by atoms with Crippen molar-refractivity contribution in [3.8, 4) is 0 Å². The number of halogens is 2. The van der Waals surface area contributed by atoms with Crippen LogP contribution in [-0.4, -0.2) is 34.2 Å². The molecule has 0 spiro atoms. The van der Waals surface area contributed by atoms with Gasteiger partial charge in [-0.2, -0.15) is 0 Å². The van der Waals surface area contributed by atoms with E-state index in [0.717, 1.165) is 0 Å². The van der Waals surface area contributed by atoms with Crippen molar-refractivity contribution >= 4 is 34.2 Å². The van der Waals surface area contributed by atoms with E-state index in [4.69, 9.17) is 27.9 Å². The van der Waals surface area contributed by atoms with Gasteiger partial charge in [-0.25, -0.2) is 14.5 Å². The number of esters is 1. The van der Waals surface area contributed by atoms with E-state index < -0.39 is 5.97 Å². The molecule has 0 fully saturated rings. The number of nitrogens with one attached hydrogen (secondary N) is 1. The fraction of sp³-hybridized carbons (Fsp3) is 0.455. The Morgan fingerprint density at radius 3 is 3.22 bits per heavy atom. The number of hydrogen-bond acceptors (Lipinski definition) is 4. The smallest absolute Gasteiger partial charge is 0.358 e. The number of aromatic nitrogens is 2. The molecule has 1 unspecified atom stereocenters. The summed E-state index contributed by atoms with van der Waals surface area (Å²) in [5.41, 5.74) is 3.38. The zero-order chi connectivity index (χ0) is 13.1. The number of allylic oxidation sites excluding steroid dienone is 1. The number of nitrogens with zero attached hydrogens (tertiary/aromatic N) is 2. The molecule has 0 bridgehead atoms. The van der Waals surface area contributed by atoms with Crippen LogP contribution in [-0.2, 0) is 4.74 Å². The van der Waals surface area contributed by atoms with Crippen LogP contribution in [0.4, 0.5) is 0 Å². The average molecular weight is 290 g/mol. The van der Waals surface area contributed by atoms with Crippen LogP contribution in [0.1, 0.15) is 29.7 Å². The monoisotopic (exact) mass is 289 g/mol. The molecular weight excluding hydrogens is 277 g/mol. The van der Waals surface area contributed by atoms with E-state index in [1.807, 2.05) is 0 Å². The van der Waals surface area contributed by atoms with E-state index in [9.17, 15) is 4.79 Å². The Hall–Kier alpha value is -1.20. The Morgan fingerprint density at radius 2 is 2.50 bits per heavy atom. The quantitative estimate of drug-likeness (QED) is 0.670. The van der Waals surface area contributed by atoms with E-state index in [2.05, 4.69) is 10.4 Å². The van der Waals surface area contributed by atoms with Crippen LogP contribution in [0.2, 0.25) is 0 Å². The minimum absolute atomic E-state index is 0.151. The molecule has 98 valence electrons. The Kier molecular flexibility index (Phi) is 4.14. The molecule has 2 rings (SSSR count). The maximum absolute atomic E-state index is 11.7. The number of ether oxygens (including phenoxy) is 1. The first-order chi connectivity index (χ1) is 8.63. The van der Waals surface area contributed by atoms with Crippen molar-refractivity contribution in [1.82, 2.24) is 9.66 Å². The van der Waals surface area contributed by atoms with Crippen molar-refractivity contribution in [2.24, 2.45) is 0 Å². The van der Waals surface area contributed by atoms with E-state index in [-0.39, 0.29) is 5.38 Å². The van der Waals surface area contributed by atoms with Crippen molar-refractivity contribution in [3.63, 3.8) is 0 Å². The lowest BCUT2D eigenvalue weighted by Crippen LogP contribution is -2.26. The molecule has 1 atom stereocenters. The van der Waals surface area contributed by atoms with Gasteiger partial charge in [-0.3, -0.25) is 0 Å². The van der Waals surface area contributed by atoms with Gasteiger partial charge in [0.15, 0.2) is 11.5 Å². The van der Waals surface area contributed by atoms with Crippen LogP contribution in [0.3, 0.4) is 0 Å². The first-order valence-corrected chi connectivity index (χ1v) is 6.45. The van der Waals surface area contributed by atoms with Crippen molar-refractivity contribution in [2.75, 3.05) is 18.6 Å².